The Kier molecular flexibility index (Phi) is 6.95. The lowest BCUT2D eigenvalue weighted by Crippen LogP contribution is -2.57. The number of hydrogen-bond acceptors (Lipinski definition) is 6. The molecule has 0 unspecified atom stereocenters. The van der Waals surface area contributed by atoms with Crippen LogP contribution in [-0.2, 0) is 24.3 Å². The predicted molar refractivity (Wildman–Crippen MR) is 103 cm³/mol. The van der Waals surface area contributed by atoms with Crippen molar-refractivity contribution in [1.29, 1.82) is 0 Å². The molecule has 2 heterocycles. The largest absolute Gasteiger partial charge is 0.389 e. The first-order chi connectivity index (χ1) is 13.3. The number of ether oxygens (including phenoxy) is 2. The SMILES string of the molecule is CNC(=O)C[C@H]1CC[C@H]2[C@@H](COC[C@@H](O)CN2S(=O)(=O)c2cccc(Cl)c2)O1. The van der Waals surface area contributed by atoms with Gasteiger partial charge in [0.25, 0.3) is 0 Å². The van der Waals surface area contributed by atoms with Crippen LogP contribution in [0.4, 0.5) is 0 Å². The molecule has 156 valence electrons. The molecule has 1 amide bonds. The number of rotatable bonds is 4. The molecule has 0 spiro atoms. The van der Waals surface area contributed by atoms with Crippen LogP contribution in [0.25, 0.3) is 0 Å². The molecule has 0 aromatic heterocycles. The third kappa shape index (κ3) is 4.84. The number of nitrogens with zero attached hydrogens (tertiary/aromatic N) is 1. The monoisotopic (exact) mass is 432 g/mol. The summed E-state index contributed by atoms with van der Waals surface area (Å²) in [6.45, 7) is 0.0568. The quantitative estimate of drug-likeness (QED) is 0.728. The number of amides is 1. The van der Waals surface area contributed by atoms with Gasteiger partial charge >= 0.3 is 0 Å². The zero-order chi connectivity index (χ0) is 20.3. The lowest BCUT2D eigenvalue weighted by Gasteiger charge is -2.43. The van der Waals surface area contributed by atoms with Crippen molar-refractivity contribution in [2.45, 2.75) is 48.5 Å². The number of fused-ring (bicyclic) bond motifs is 1. The van der Waals surface area contributed by atoms with E-state index in [1.54, 1.807) is 19.2 Å². The van der Waals surface area contributed by atoms with E-state index in [4.69, 9.17) is 21.1 Å². The van der Waals surface area contributed by atoms with Gasteiger partial charge in [0.2, 0.25) is 15.9 Å². The number of aliphatic hydroxyl groups is 1. The molecule has 1 aromatic rings. The van der Waals surface area contributed by atoms with E-state index >= 15 is 0 Å². The van der Waals surface area contributed by atoms with Gasteiger partial charge in [-0.25, -0.2) is 8.42 Å². The number of nitrogens with one attached hydrogen (secondary N) is 1. The van der Waals surface area contributed by atoms with E-state index in [1.807, 2.05) is 0 Å². The molecule has 1 aromatic carbocycles. The molecule has 2 saturated heterocycles. The highest BCUT2D eigenvalue weighted by Crippen LogP contribution is 2.32. The summed E-state index contributed by atoms with van der Waals surface area (Å²) in [5, 5.41) is 13.1. The normalized spacial score (nSPS) is 29.4. The van der Waals surface area contributed by atoms with E-state index in [9.17, 15) is 18.3 Å². The van der Waals surface area contributed by atoms with Gasteiger partial charge in [-0.3, -0.25) is 4.79 Å². The third-order valence-electron chi connectivity index (χ3n) is 5.03. The fourth-order valence-corrected chi connectivity index (χ4v) is 5.66. The first kappa shape index (κ1) is 21.5. The molecule has 2 aliphatic rings. The Morgan fingerprint density at radius 2 is 2.14 bits per heavy atom. The van der Waals surface area contributed by atoms with E-state index in [0.717, 1.165) is 0 Å². The number of benzene rings is 1. The number of hydrogen-bond donors (Lipinski definition) is 2. The third-order valence-corrected chi connectivity index (χ3v) is 7.15. The van der Waals surface area contributed by atoms with Gasteiger partial charge in [0.1, 0.15) is 0 Å². The second kappa shape index (κ2) is 9.06. The zero-order valence-corrected chi connectivity index (χ0v) is 17.2. The Morgan fingerprint density at radius 3 is 2.86 bits per heavy atom. The number of β-amino-alcohol motifs (C(OH)–C–C–N with tert-alkyl or cyclic N) is 1. The highest BCUT2D eigenvalue weighted by atomic mass is 35.5. The van der Waals surface area contributed by atoms with Crippen LogP contribution in [0.15, 0.2) is 29.2 Å². The summed E-state index contributed by atoms with van der Waals surface area (Å²) < 4.78 is 39.4. The molecular weight excluding hydrogens is 408 g/mol. The molecule has 28 heavy (non-hydrogen) atoms. The van der Waals surface area contributed by atoms with Crippen LogP contribution in [-0.4, -0.2) is 74.9 Å². The maximum atomic E-state index is 13.3. The molecule has 0 saturated carbocycles. The minimum absolute atomic E-state index is 0.00819. The van der Waals surface area contributed by atoms with Crippen molar-refractivity contribution >= 4 is 27.5 Å². The van der Waals surface area contributed by atoms with Crippen LogP contribution >= 0.6 is 11.6 Å². The second-order valence-electron chi connectivity index (χ2n) is 7.04. The van der Waals surface area contributed by atoms with Gasteiger partial charge in [-0.05, 0) is 31.0 Å². The zero-order valence-electron chi connectivity index (χ0n) is 15.6. The first-order valence-corrected chi connectivity index (χ1v) is 11.0. The van der Waals surface area contributed by atoms with Gasteiger partial charge in [0.05, 0.1) is 48.9 Å². The Hall–Kier alpha value is -1.23. The predicted octanol–water partition coefficient (Wildman–Crippen LogP) is 0.774. The molecule has 8 nitrogen and oxygen atoms in total. The van der Waals surface area contributed by atoms with E-state index in [2.05, 4.69) is 5.32 Å². The number of carbonyl (C=O) groups excluding carboxylic acids is 1. The number of sulfonamides is 1. The smallest absolute Gasteiger partial charge is 0.243 e. The fourth-order valence-electron chi connectivity index (χ4n) is 3.64. The van der Waals surface area contributed by atoms with Crippen LogP contribution in [0.5, 0.6) is 0 Å². The average Bonchev–Trinajstić information content (AvgIpc) is 2.65. The van der Waals surface area contributed by atoms with Crippen LogP contribution < -0.4 is 5.32 Å². The standard InChI is InChI=1S/C18H25ClN2O6S/c1-20-18(23)8-14-5-6-16-17(27-14)11-26-10-13(22)9-21(16)28(24,25)15-4-2-3-12(19)7-15/h2-4,7,13-14,16-17,22H,5-6,8-11H2,1H3,(H,20,23)/t13-,14+,16-,17+/m0/s1. The van der Waals surface area contributed by atoms with Gasteiger partial charge < -0.3 is 19.9 Å². The highest BCUT2D eigenvalue weighted by Gasteiger charge is 2.43. The molecule has 0 bridgehead atoms. The lowest BCUT2D eigenvalue weighted by atomic mass is 9.96. The maximum Gasteiger partial charge on any atom is 0.243 e. The molecule has 3 rings (SSSR count). The molecule has 0 aliphatic carbocycles. The number of halogens is 1. The lowest BCUT2D eigenvalue weighted by molar-refractivity contribution is -0.146. The van der Waals surface area contributed by atoms with Crippen molar-refractivity contribution < 1.29 is 27.8 Å². The van der Waals surface area contributed by atoms with E-state index in [0.29, 0.717) is 17.9 Å². The van der Waals surface area contributed by atoms with Gasteiger partial charge in [-0.15, -0.1) is 0 Å². The Balaban J connectivity index is 1.87. The summed E-state index contributed by atoms with van der Waals surface area (Å²) in [4.78, 5) is 11.7. The molecule has 2 fully saturated rings. The van der Waals surface area contributed by atoms with Crippen molar-refractivity contribution in [2.75, 3.05) is 26.8 Å². The van der Waals surface area contributed by atoms with Crippen LogP contribution in [0.2, 0.25) is 5.02 Å². The first-order valence-electron chi connectivity index (χ1n) is 9.20. The maximum absolute atomic E-state index is 13.3. The summed E-state index contributed by atoms with van der Waals surface area (Å²) in [5.41, 5.74) is 0. The Morgan fingerprint density at radius 1 is 1.36 bits per heavy atom. The summed E-state index contributed by atoms with van der Waals surface area (Å²) in [5.74, 6) is -0.131. The highest BCUT2D eigenvalue weighted by molar-refractivity contribution is 7.89. The van der Waals surface area contributed by atoms with Crippen LogP contribution in [0, 0.1) is 0 Å². The van der Waals surface area contributed by atoms with E-state index in [1.165, 1.54) is 16.4 Å². The van der Waals surface area contributed by atoms with Gasteiger partial charge in [-0.1, -0.05) is 17.7 Å². The average molecular weight is 433 g/mol. The van der Waals surface area contributed by atoms with Gasteiger partial charge in [0.15, 0.2) is 0 Å². The summed E-state index contributed by atoms with van der Waals surface area (Å²) >= 11 is 5.98. The number of carbonyl (C=O) groups is 1. The van der Waals surface area contributed by atoms with Crippen molar-refractivity contribution in [3.63, 3.8) is 0 Å². The van der Waals surface area contributed by atoms with Crippen molar-refractivity contribution in [3.8, 4) is 0 Å². The van der Waals surface area contributed by atoms with E-state index < -0.39 is 28.3 Å². The summed E-state index contributed by atoms with van der Waals surface area (Å²) in [6, 6.07) is 5.56. The minimum Gasteiger partial charge on any atom is -0.389 e. The summed E-state index contributed by atoms with van der Waals surface area (Å²) in [6.07, 6.45) is -0.522. The van der Waals surface area contributed by atoms with E-state index in [-0.39, 0.29) is 43.1 Å². The molecule has 4 atom stereocenters. The molecular formula is C18H25ClN2O6S. The molecule has 10 heteroatoms. The second-order valence-corrected chi connectivity index (χ2v) is 9.37. The molecule has 2 aliphatic heterocycles. The van der Waals surface area contributed by atoms with Gasteiger partial charge in [-0.2, -0.15) is 4.31 Å². The molecule has 0 radical (unpaired) electrons. The Labute approximate surface area is 169 Å². The van der Waals surface area contributed by atoms with Crippen molar-refractivity contribution in [1.82, 2.24) is 9.62 Å². The Bertz CT molecular complexity index is 805. The van der Waals surface area contributed by atoms with Crippen molar-refractivity contribution in [3.05, 3.63) is 29.3 Å². The fraction of sp³-hybridized carbons (Fsp3) is 0.611. The van der Waals surface area contributed by atoms with Gasteiger partial charge in [0, 0.05) is 18.6 Å². The minimum atomic E-state index is -3.90. The van der Waals surface area contributed by atoms with Crippen molar-refractivity contribution in [2.24, 2.45) is 0 Å². The summed E-state index contributed by atoms with van der Waals surface area (Å²) in [7, 11) is -2.34. The topological polar surface area (TPSA) is 105 Å². The number of aliphatic hydroxyl groups excluding tert-OH is 1. The molecule has 2 N–H and O–H groups in total. The van der Waals surface area contributed by atoms with Crippen LogP contribution in [0.3, 0.4) is 0 Å². The van der Waals surface area contributed by atoms with Crippen LogP contribution in [0.1, 0.15) is 19.3 Å².